The van der Waals surface area contributed by atoms with Gasteiger partial charge in [-0.15, -0.1) is 0 Å². The van der Waals surface area contributed by atoms with E-state index in [1.807, 2.05) is 38.4 Å². The molecule has 0 amide bonds. The molecule has 1 aromatic carbocycles. The number of nitrogens with zero attached hydrogens (tertiary/aromatic N) is 3. The molecule has 0 aliphatic rings. The van der Waals surface area contributed by atoms with E-state index in [-0.39, 0.29) is 0 Å². The van der Waals surface area contributed by atoms with Gasteiger partial charge in [-0.2, -0.15) is 0 Å². The highest BCUT2D eigenvalue weighted by Crippen LogP contribution is 2.17. The smallest absolute Gasteiger partial charge is 0.121 e. The van der Waals surface area contributed by atoms with Crippen molar-refractivity contribution in [3.8, 4) is 5.75 Å². The van der Waals surface area contributed by atoms with E-state index in [1.165, 1.54) is 0 Å². The Kier molecular flexibility index (Phi) is 5.32. The van der Waals surface area contributed by atoms with Crippen molar-refractivity contribution in [3.05, 3.63) is 48.5 Å². The molecule has 0 saturated carbocycles. The van der Waals surface area contributed by atoms with Gasteiger partial charge in [0.05, 0.1) is 18.4 Å². The van der Waals surface area contributed by atoms with E-state index in [9.17, 15) is 0 Å². The maximum atomic E-state index is 5.70. The molecule has 0 atom stereocenters. The molecule has 2 rings (SSSR count). The van der Waals surface area contributed by atoms with Crippen LogP contribution in [0.3, 0.4) is 0 Å². The molecular formula is C15H20N4O. The number of hydrogen-bond donors (Lipinski definition) is 1. The summed E-state index contributed by atoms with van der Waals surface area (Å²) in [6, 6.07) is 7.94. The van der Waals surface area contributed by atoms with E-state index in [1.54, 1.807) is 18.6 Å². The van der Waals surface area contributed by atoms with Crippen LogP contribution < -0.4 is 10.1 Å². The Morgan fingerprint density at radius 1 is 1.25 bits per heavy atom. The Labute approximate surface area is 119 Å². The first-order chi connectivity index (χ1) is 9.74. The predicted octanol–water partition coefficient (Wildman–Crippen LogP) is 2.03. The lowest BCUT2D eigenvalue weighted by atomic mass is 10.3. The molecule has 1 N–H and O–H groups in total. The van der Waals surface area contributed by atoms with Crippen molar-refractivity contribution in [2.24, 2.45) is 0 Å². The number of likely N-dealkylation sites (N-methyl/N-ethyl adjacent to an activating group) is 1. The first-order valence-corrected chi connectivity index (χ1v) is 6.60. The summed E-state index contributed by atoms with van der Waals surface area (Å²) in [5.41, 5.74) is 1.92. The molecule has 5 heteroatoms. The van der Waals surface area contributed by atoms with Crippen LogP contribution in [0, 0.1) is 0 Å². The number of benzene rings is 1. The minimum absolute atomic E-state index is 0.648. The van der Waals surface area contributed by atoms with E-state index in [0.717, 1.165) is 23.7 Å². The van der Waals surface area contributed by atoms with Crippen molar-refractivity contribution >= 4 is 5.69 Å². The second kappa shape index (κ2) is 7.45. The van der Waals surface area contributed by atoms with Crippen molar-refractivity contribution in [2.45, 2.75) is 6.54 Å². The van der Waals surface area contributed by atoms with Crippen molar-refractivity contribution < 1.29 is 4.74 Å². The normalized spacial score (nSPS) is 10.6. The maximum Gasteiger partial charge on any atom is 0.121 e. The van der Waals surface area contributed by atoms with E-state index < -0.39 is 0 Å². The number of aromatic nitrogens is 2. The molecule has 1 heterocycles. The van der Waals surface area contributed by atoms with Crippen LogP contribution in [0.25, 0.3) is 0 Å². The average Bonchev–Trinajstić information content (AvgIpc) is 2.46. The second-order valence-electron chi connectivity index (χ2n) is 4.73. The van der Waals surface area contributed by atoms with Gasteiger partial charge < -0.3 is 15.0 Å². The second-order valence-corrected chi connectivity index (χ2v) is 4.73. The highest BCUT2D eigenvalue weighted by atomic mass is 16.5. The Hall–Kier alpha value is -2.14. The fourth-order valence-electron chi connectivity index (χ4n) is 1.66. The highest BCUT2D eigenvalue weighted by molar-refractivity contribution is 5.48. The van der Waals surface area contributed by atoms with Crippen molar-refractivity contribution in [1.29, 1.82) is 0 Å². The van der Waals surface area contributed by atoms with Gasteiger partial charge in [0.25, 0.3) is 0 Å². The van der Waals surface area contributed by atoms with E-state index in [0.29, 0.717) is 13.2 Å². The Morgan fingerprint density at radius 3 is 2.90 bits per heavy atom. The molecule has 20 heavy (non-hydrogen) atoms. The monoisotopic (exact) mass is 272 g/mol. The summed E-state index contributed by atoms with van der Waals surface area (Å²) >= 11 is 0. The summed E-state index contributed by atoms with van der Waals surface area (Å²) in [6.45, 7) is 2.23. The number of rotatable bonds is 7. The number of ether oxygens (including phenoxy) is 1. The van der Waals surface area contributed by atoms with Crippen LogP contribution in [-0.4, -0.2) is 42.1 Å². The van der Waals surface area contributed by atoms with Gasteiger partial charge >= 0.3 is 0 Å². The van der Waals surface area contributed by atoms with Gasteiger partial charge in [0.1, 0.15) is 12.4 Å². The molecule has 0 spiro atoms. The van der Waals surface area contributed by atoms with Crippen molar-refractivity contribution in [2.75, 3.05) is 32.6 Å². The van der Waals surface area contributed by atoms with E-state index in [2.05, 4.69) is 20.2 Å². The third-order valence-corrected chi connectivity index (χ3v) is 2.73. The lowest BCUT2D eigenvalue weighted by Gasteiger charge is -2.12. The fraction of sp³-hybridized carbons (Fsp3) is 0.333. The van der Waals surface area contributed by atoms with Crippen LogP contribution in [0.5, 0.6) is 5.75 Å². The quantitative estimate of drug-likeness (QED) is 0.835. The third kappa shape index (κ3) is 4.85. The summed E-state index contributed by atoms with van der Waals surface area (Å²) in [5, 5.41) is 3.31. The Balaban J connectivity index is 1.86. The summed E-state index contributed by atoms with van der Waals surface area (Å²) in [5.74, 6) is 0.871. The Bertz CT molecular complexity index is 516. The molecule has 0 saturated heterocycles. The van der Waals surface area contributed by atoms with Crippen LogP contribution >= 0.6 is 0 Å². The first kappa shape index (κ1) is 14.3. The van der Waals surface area contributed by atoms with Gasteiger partial charge in [-0.1, -0.05) is 6.07 Å². The summed E-state index contributed by atoms with van der Waals surface area (Å²) in [7, 11) is 4.06. The van der Waals surface area contributed by atoms with Crippen LogP contribution in [0.4, 0.5) is 5.69 Å². The van der Waals surface area contributed by atoms with Gasteiger partial charge in [0, 0.05) is 30.7 Å². The topological polar surface area (TPSA) is 50.3 Å². The molecule has 0 aliphatic heterocycles. The Morgan fingerprint density at radius 2 is 2.15 bits per heavy atom. The van der Waals surface area contributed by atoms with E-state index in [4.69, 9.17) is 4.74 Å². The predicted molar refractivity (Wildman–Crippen MR) is 79.8 cm³/mol. The molecule has 0 unspecified atom stereocenters. The zero-order chi connectivity index (χ0) is 14.2. The van der Waals surface area contributed by atoms with Crippen LogP contribution in [0.2, 0.25) is 0 Å². The van der Waals surface area contributed by atoms with Crippen LogP contribution in [0.15, 0.2) is 42.9 Å². The largest absolute Gasteiger partial charge is 0.492 e. The van der Waals surface area contributed by atoms with Gasteiger partial charge in [-0.05, 0) is 26.2 Å². The third-order valence-electron chi connectivity index (χ3n) is 2.73. The van der Waals surface area contributed by atoms with E-state index >= 15 is 0 Å². The maximum absolute atomic E-state index is 5.70. The highest BCUT2D eigenvalue weighted by Gasteiger charge is 1.99. The van der Waals surface area contributed by atoms with Gasteiger partial charge in [-0.25, -0.2) is 0 Å². The number of hydrogen-bond acceptors (Lipinski definition) is 5. The molecule has 0 bridgehead atoms. The SMILES string of the molecule is CN(C)CCOc1cccc(NCc2cnccn2)c1. The van der Waals surface area contributed by atoms with Crippen molar-refractivity contribution in [3.63, 3.8) is 0 Å². The van der Waals surface area contributed by atoms with Gasteiger partial charge in [0.2, 0.25) is 0 Å². The molecule has 2 aromatic rings. The van der Waals surface area contributed by atoms with Gasteiger partial charge in [-0.3, -0.25) is 9.97 Å². The summed E-state index contributed by atoms with van der Waals surface area (Å²) < 4.78 is 5.70. The molecule has 0 radical (unpaired) electrons. The lowest BCUT2D eigenvalue weighted by molar-refractivity contribution is 0.261. The summed E-state index contributed by atoms with van der Waals surface area (Å²) in [4.78, 5) is 10.4. The van der Waals surface area contributed by atoms with Crippen LogP contribution in [0.1, 0.15) is 5.69 Å². The first-order valence-electron chi connectivity index (χ1n) is 6.60. The zero-order valence-corrected chi connectivity index (χ0v) is 11.9. The number of anilines is 1. The molecule has 5 nitrogen and oxygen atoms in total. The van der Waals surface area contributed by atoms with Crippen molar-refractivity contribution in [1.82, 2.24) is 14.9 Å². The molecular weight excluding hydrogens is 252 g/mol. The summed E-state index contributed by atoms with van der Waals surface area (Å²) in [6.07, 6.45) is 5.12. The zero-order valence-electron chi connectivity index (χ0n) is 11.9. The lowest BCUT2D eigenvalue weighted by Crippen LogP contribution is -2.19. The average molecular weight is 272 g/mol. The number of nitrogens with one attached hydrogen (secondary N) is 1. The molecule has 0 aliphatic carbocycles. The fourth-order valence-corrected chi connectivity index (χ4v) is 1.66. The molecule has 0 fully saturated rings. The minimum Gasteiger partial charge on any atom is -0.492 e. The molecule has 106 valence electrons. The van der Waals surface area contributed by atoms with Gasteiger partial charge in [0.15, 0.2) is 0 Å². The standard InChI is InChI=1S/C15H20N4O/c1-19(2)8-9-20-15-5-3-4-13(10-15)18-12-14-11-16-6-7-17-14/h3-7,10-11,18H,8-9,12H2,1-2H3. The van der Waals surface area contributed by atoms with Crippen LogP contribution in [-0.2, 0) is 6.54 Å². The minimum atomic E-state index is 0.648. The molecule has 1 aromatic heterocycles.